The number of anilines is 3. The summed E-state index contributed by atoms with van der Waals surface area (Å²) in [5.41, 5.74) is 24.7. The number of hydrogen-bond acceptors (Lipinski definition) is 1. The summed E-state index contributed by atoms with van der Waals surface area (Å²) in [5, 5.41) is 0. The summed E-state index contributed by atoms with van der Waals surface area (Å²) >= 11 is 0. The molecule has 0 atom stereocenters. The fourth-order valence-electron chi connectivity index (χ4n) is 13.0. The van der Waals surface area contributed by atoms with Crippen LogP contribution in [0.5, 0.6) is 0 Å². The van der Waals surface area contributed by atoms with Crippen LogP contribution < -0.4 is 4.90 Å². The number of benzene rings is 7. The Morgan fingerprint density at radius 3 is 1.48 bits per heavy atom. The molecule has 0 heterocycles. The lowest BCUT2D eigenvalue weighted by atomic mass is 9.63. The van der Waals surface area contributed by atoms with E-state index in [0.717, 1.165) is 12.8 Å². The summed E-state index contributed by atoms with van der Waals surface area (Å²) in [5.74, 6) is 0. The molecule has 1 heteroatoms. The van der Waals surface area contributed by atoms with Gasteiger partial charge in [-0.2, -0.15) is 0 Å². The van der Waals surface area contributed by atoms with E-state index >= 15 is 0 Å². The van der Waals surface area contributed by atoms with Crippen molar-refractivity contribution in [1.82, 2.24) is 0 Å². The zero-order valence-corrected chi connectivity index (χ0v) is 40.5. The highest BCUT2D eigenvalue weighted by atomic mass is 15.1. The molecule has 0 amide bonds. The third kappa shape index (κ3) is 6.46. The number of nitrogens with zero attached hydrogens (tertiary/aromatic N) is 1. The molecule has 4 aliphatic carbocycles. The van der Waals surface area contributed by atoms with Gasteiger partial charge in [0.15, 0.2) is 0 Å². The fraction of sp³-hybridized carbons (Fsp3) is 0.344. The molecule has 0 fully saturated rings. The summed E-state index contributed by atoms with van der Waals surface area (Å²) in [6.07, 6.45) is 9.48. The Labute approximate surface area is 390 Å². The topological polar surface area (TPSA) is 3.24 Å². The fourth-order valence-corrected chi connectivity index (χ4v) is 13.0. The van der Waals surface area contributed by atoms with E-state index < -0.39 is 5.41 Å². The normalized spacial score (nSPS) is 19.0. The zero-order valence-electron chi connectivity index (χ0n) is 40.5. The molecule has 0 aliphatic heterocycles. The second-order valence-electron chi connectivity index (χ2n) is 22.9. The van der Waals surface area contributed by atoms with Crippen LogP contribution >= 0.6 is 0 Å². The van der Waals surface area contributed by atoms with Crippen molar-refractivity contribution in [3.8, 4) is 22.3 Å². The van der Waals surface area contributed by atoms with Crippen molar-refractivity contribution < 1.29 is 0 Å². The summed E-state index contributed by atoms with van der Waals surface area (Å²) in [6, 6.07) is 57.3. The molecular weight excluding hydrogens is 783 g/mol. The minimum absolute atomic E-state index is 0.0572. The van der Waals surface area contributed by atoms with E-state index in [0.29, 0.717) is 0 Å². The third-order valence-corrected chi connectivity index (χ3v) is 17.0. The van der Waals surface area contributed by atoms with Crippen molar-refractivity contribution in [3.63, 3.8) is 0 Å². The number of aryl methyl sites for hydroxylation is 2. The Morgan fingerprint density at radius 1 is 0.400 bits per heavy atom. The van der Waals surface area contributed by atoms with E-state index in [2.05, 4.69) is 213 Å². The first kappa shape index (κ1) is 42.0. The van der Waals surface area contributed by atoms with Gasteiger partial charge in [0.2, 0.25) is 0 Å². The van der Waals surface area contributed by atoms with Crippen LogP contribution in [0.3, 0.4) is 0 Å². The van der Waals surface area contributed by atoms with E-state index in [1.165, 1.54) is 133 Å². The van der Waals surface area contributed by atoms with Crippen molar-refractivity contribution in [1.29, 1.82) is 0 Å². The van der Waals surface area contributed by atoms with Crippen LogP contribution in [0.15, 0.2) is 146 Å². The molecular formula is C64H67N. The second-order valence-corrected chi connectivity index (χ2v) is 22.9. The number of rotatable bonds is 6. The first-order valence-corrected chi connectivity index (χ1v) is 24.7. The Bertz CT molecular complexity index is 2880. The molecule has 0 aromatic heterocycles. The summed E-state index contributed by atoms with van der Waals surface area (Å²) < 4.78 is 0. The largest absolute Gasteiger partial charge is 0.310 e. The van der Waals surface area contributed by atoms with Crippen LogP contribution in [0.4, 0.5) is 17.1 Å². The van der Waals surface area contributed by atoms with Crippen molar-refractivity contribution in [2.75, 3.05) is 4.90 Å². The molecule has 0 spiro atoms. The van der Waals surface area contributed by atoms with Crippen LogP contribution in [0.25, 0.3) is 22.3 Å². The molecule has 0 radical (unpaired) electrons. The number of hydrogen-bond donors (Lipinski definition) is 0. The first-order chi connectivity index (χ1) is 31.1. The van der Waals surface area contributed by atoms with E-state index in [-0.39, 0.29) is 21.7 Å². The van der Waals surface area contributed by atoms with Crippen molar-refractivity contribution in [2.45, 2.75) is 141 Å². The Morgan fingerprint density at radius 2 is 0.908 bits per heavy atom. The van der Waals surface area contributed by atoms with Gasteiger partial charge in [0.1, 0.15) is 0 Å². The zero-order chi connectivity index (χ0) is 45.1. The lowest BCUT2D eigenvalue weighted by Crippen LogP contribution is -2.34. The van der Waals surface area contributed by atoms with Crippen molar-refractivity contribution in [3.05, 3.63) is 207 Å². The molecule has 7 aromatic carbocycles. The molecule has 0 unspecified atom stereocenters. The highest BCUT2D eigenvalue weighted by molar-refractivity contribution is 5.98. The Balaban J connectivity index is 1.30. The van der Waals surface area contributed by atoms with Gasteiger partial charge in [-0.25, -0.2) is 0 Å². The van der Waals surface area contributed by atoms with Crippen LogP contribution in [-0.4, -0.2) is 0 Å². The molecule has 1 nitrogen and oxygen atoms in total. The molecule has 4 aliphatic rings. The standard InChI is InChI=1S/C64H67N/c1-42-28-29-43-20-16-17-25-48(43)59(42)51-40-50-49-26-18-19-27-52(49)64(44-21-12-10-13-22-44,45-23-14-11-15-24-45)55(50)41-58(51)65(46-30-32-53-56(38-46)62(6,7)36-34-60(53,2)3)47-31-33-54-57(39-47)63(8,9)37-35-61(54,4)5/h10-15,18-19,21-24,26-33,38-41H,16-17,20,25,34-37H2,1-9H3. The van der Waals surface area contributed by atoms with Gasteiger partial charge in [-0.05, 0) is 194 Å². The van der Waals surface area contributed by atoms with Gasteiger partial charge < -0.3 is 4.90 Å². The van der Waals surface area contributed by atoms with Crippen molar-refractivity contribution in [2.24, 2.45) is 0 Å². The van der Waals surface area contributed by atoms with Gasteiger partial charge in [-0.15, -0.1) is 0 Å². The van der Waals surface area contributed by atoms with Gasteiger partial charge in [0.05, 0.1) is 11.1 Å². The van der Waals surface area contributed by atoms with Gasteiger partial charge in [-0.3, -0.25) is 0 Å². The first-order valence-electron chi connectivity index (χ1n) is 24.7. The quantitative estimate of drug-likeness (QED) is 0.161. The maximum atomic E-state index is 2.71. The SMILES string of the molecule is Cc1ccc2c(c1-c1cc3c(cc1N(c1ccc4c(c1)C(C)(C)CCC4(C)C)c1ccc4c(c1)C(C)(C)CCC4(C)C)C(c1ccccc1)(c1ccccc1)c1ccccc1-3)CCCC2. The van der Waals surface area contributed by atoms with E-state index in [1.54, 1.807) is 5.56 Å². The summed E-state index contributed by atoms with van der Waals surface area (Å²) in [4.78, 5) is 2.71. The lowest BCUT2D eigenvalue weighted by molar-refractivity contribution is 0.332. The molecule has 7 aromatic rings. The summed E-state index contributed by atoms with van der Waals surface area (Å²) in [6.45, 7) is 22.1. The Kier molecular flexibility index (Phi) is 9.65. The second kappa shape index (κ2) is 14.9. The minimum atomic E-state index is -0.526. The average Bonchev–Trinajstić information content (AvgIpc) is 3.60. The molecule has 0 saturated carbocycles. The monoisotopic (exact) mass is 850 g/mol. The predicted molar refractivity (Wildman–Crippen MR) is 276 cm³/mol. The van der Waals surface area contributed by atoms with Gasteiger partial charge >= 0.3 is 0 Å². The maximum Gasteiger partial charge on any atom is 0.0714 e. The lowest BCUT2D eigenvalue weighted by Gasteiger charge is -2.44. The van der Waals surface area contributed by atoms with Crippen LogP contribution in [0, 0.1) is 6.92 Å². The number of fused-ring (bicyclic) bond motifs is 6. The molecule has 11 rings (SSSR count). The van der Waals surface area contributed by atoms with Crippen LogP contribution in [0.2, 0.25) is 0 Å². The molecule has 65 heavy (non-hydrogen) atoms. The maximum absolute atomic E-state index is 2.71. The summed E-state index contributed by atoms with van der Waals surface area (Å²) in [7, 11) is 0. The van der Waals surface area contributed by atoms with E-state index in [9.17, 15) is 0 Å². The Hall–Kier alpha value is -5.66. The highest BCUT2D eigenvalue weighted by Crippen LogP contribution is 2.60. The van der Waals surface area contributed by atoms with Gasteiger partial charge in [-0.1, -0.05) is 165 Å². The third-order valence-electron chi connectivity index (χ3n) is 17.0. The highest BCUT2D eigenvalue weighted by Gasteiger charge is 2.47. The molecule has 0 saturated heterocycles. The van der Waals surface area contributed by atoms with Crippen LogP contribution in [0.1, 0.15) is 155 Å². The average molecular weight is 850 g/mol. The molecule has 0 N–H and O–H groups in total. The van der Waals surface area contributed by atoms with E-state index in [4.69, 9.17) is 0 Å². The van der Waals surface area contributed by atoms with Gasteiger partial charge in [0, 0.05) is 16.9 Å². The predicted octanol–water partition coefficient (Wildman–Crippen LogP) is 17.1. The molecule has 328 valence electrons. The minimum Gasteiger partial charge on any atom is -0.310 e. The molecule has 0 bridgehead atoms. The van der Waals surface area contributed by atoms with E-state index in [1.807, 2.05) is 0 Å². The van der Waals surface area contributed by atoms with Gasteiger partial charge in [0.25, 0.3) is 0 Å². The smallest absolute Gasteiger partial charge is 0.0714 e. The van der Waals surface area contributed by atoms with Crippen molar-refractivity contribution >= 4 is 17.1 Å². The van der Waals surface area contributed by atoms with Crippen LogP contribution in [-0.2, 0) is 39.9 Å².